The van der Waals surface area contributed by atoms with Crippen LogP contribution in [0.1, 0.15) is 5.56 Å². The molecule has 0 aliphatic rings. The Morgan fingerprint density at radius 1 is 1.08 bits per heavy atom. The molecule has 0 saturated carbocycles. The van der Waals surface area contributed by atoms with E-state index in [1.54, 1.807) is 30.4 Å². The second kappa shape index (κ2) is 5.69. The van der Waals surface area contributed by atoms with E-state index in [9.17, 15) is 0 Å². The lowest BCUT2D eigenvalue weighted by Gasteiger charge is -2.09. The molecule has 120 valence electrons. The van der Waals surface area contributed by atoms with Gasteiger partial charge in [-0.05, 0) is 29.8 Å². The van der Waals surface area contributed by atoms with E-state index in [0.29, 0.717) is 18.1 Å². The summed E-state index contributed by atoms with van der Waals surface area (Å²) in [6.45, 7) is 0.574. The van der Waals surface area contributed by atoms with Crippen LogP contribution in [0.15, 0.2) is 55.0 Å². The van der Waals surface area contributed by atoms with E-state index < -0.39 is 0 Å². The highest BCUT2D eigenvalue weighted by Gasteiger charge is 2.15. The quantitative estimate of drug-likeness (QED) is 0.623. The molecule has 24 heavy (non-hydrogen) atoms. The minimum atomic E-state index is 0.555. The molecule has 0 amide bonds. The van der Waals surface area contributed by atoms with Crippen molar-refractivity contribution in [2.24, 2.45) is 0 Å². The molecule has 0 radical (unpaired) electrons. The third-order valence-corrected chi connectivity index (χ3v) is 3.86. The molecule has 0 saturated heterocycles. The second-order valence-electron chi connectivity index (χ2n) is 5.40. The first kappa shape index (κ1) is 14.3. The lowest BCUT2D eigenvalue weighted by molar-refractivity contribution is 0.414. The molecular weight excluding hydrogens is 304 g/mol. The predicted molar refractivity (Wildman–Crippen MR) is 91.2 cm³/mol. The van der Waals surface area contributed by atoms with E-state index in [0.717, 1.165) is 22.3 Å². The first-order valence-corrected chi connectivity index (χ1v) is 7.49. The molecule has 4 aromatic rings. The smallest absolute Gasteiger partial charge is 0.178 e. The summed E-state index contributed by atoms with van der Waals surface area (Å²) in [5.41, 5.74) is 8.52. The van der Waals surface area contributed by atoms with Gasteiger partial charge in [0, 0.05) is 11.6 Å². The van der Waals surface area contributed by atoms with E-state index in [-0.39, 0.29) is 0 Å². The molecule has 3 heterocycles. The van der Waals surface area contributed by atoms with Crippen molar-refractivity contribution in [1.82, 2.24) is 24.5 Å². The summed E-state index contributed by atoms with van der Waals surface area (Å²) in [6.07, 6.45) is 5.14. The number of benzene rings is 1. The highest BCUT2D eigenvalue weighted by Crippen LogP contribution is 2.22. The third kappa shape index (κ3) is 2.36. The molecule has 0 spiro atoms. The number of nitrogens with zero attached hydrogens (tertiary/aromatic N) is 5. The molecule has 4 rings (SSSR count). The summed E-state index contributed by atoms with van der Waals surface area (Å²) in [7, 11) is 1.65. The number of ether oxygens (including phenoxy) is 1. The Balaban J connectivity index is 1.75. The van der Waals surface area contributed by atoms with E-state index >= 15 is 0 Å². The molecule has 7 heteroatoms. The molecule has 1 aromatic carbocycles. The van der Waals surface area contributed by atoms with Crippen LogP contribution in [0, 0.1) is 0 Å². The van der Waals surface area contributed by atoms with Gasteiger partial charge in [-0.3, -0.25) is 0 Å². The summed E-state index contributed by atoms with van der Waals surface area (Å²) in [5.74, 6) is 1.53. The fourth-order valence-corrected chi connectivity index (χ4v) is 2.66. The number of fused-ring (bicyclic) bond motifs is 1. The predicted octanol–water partition coefficient (Wildman–Crippen LogP) is 2.26. The molecule has 0 aliphatic carbocycles. The first-order chi connectivity index (χ1) is 11.8. The van der Waals surface area contributed by atoms with Crippen LogP contribution in [-0.2, 0) is 6.54 Å². The van der Waals surface area contributed by atoms with Gasteiger partial charge in [0.25, 0.3) is 0 Å². The summed E-state index contributed by atoms with van der Waals surface area (Å²) < 4.78 is 8.73. The zero-order valence-corrected chi connectivity index (χ0v) is 13.1. The zero-order valence-electron chi connectivity index (χ0n) is 13.1. The van der Waals surface area contributed by atoms with E-state index in [1.165, 1.54) is 0 Å². The summed E-state index contributed by atoms with van der Waals surface area (Å²) in [6, 6.07) is 11.7. The molecule has 0 aliphatic heterocycles. The number of anilines is 1. The zero-order chi connectivity index (χ0) is 16.5. The minimum absolute atomic E-state index is 0.555. The van der Waals surface area contributed by atoms with Gasteiger partial charge in [-0.2, -0.15) is 14.9 Å². The van der Waals surface area contributed by atoms with Gasteiger partial charge in [0.05, 0.1) is 31.7 Å². The summed E-state index contributed by atoms with van der Waals surface area (Å²) in [5, 5.41) is 9.76. The number of nitrogen functional groups attached to an aromatic ring is 1. The highest BCUT2D eigenvalue weighted by molar-refractivity contribution is 5.76. The number of methoxy groups -OCH3 is 1. The monoisotopic (exact) mass is 320 g/mol. The first-order valence-electron chi connectivity index (χ1n) is 7.49. The van der Waals surface area contributed by atoms with Gasteiger partial charge in [0.1, 0.15) is 5.75 Å². The SMILES string of the molecule is COc1ccc(Cn2ncc(N)c2-n2ncc3cccnc32)cc1. The number of aromatic nitrogens is 5. The molecule has 0 bridgehead atoms. The molecule has 0 unspecified atom stereocenters. The Labute approximate surface area is 138 Å². The van der Waals surface area contributed by atoms with Gasteiger partial charge < -0.3 is 10.5 Å². The van der Waals surface area contributed by atoms with Crippen molar-refractivity contribution in [2.45, 2.75) is 6.54 Å². The maximum atomic E-state index is 6.13. The van der Waals surface area contributed by atoms with Crippen LogP contribution in [0.5, 0.6) is 5.75 Å². The van der Waals surface area contributed by atoms with Crippen LogP contribution in [0.25, 0.3) is 16.9 Å². The van der Waals surface area contributed by atoms with Crippen molar-refractivity contribution >= 4 is 16.7 Å². The van der Waals surface area contributed by atoms with Crippen LogP contribution in [0.2, 0.25) is 0 Å². The molecule has 7 nitrogen and oxygen atoms in total. The normalized spacial score (nSPS) is 11.0. The van der Waals surface area contributed by atoms with E-state index in [4.69, 9.17) is 10.5 Å². The van der Waals surface area contributed by atoms with Crippen LogP contribution in [-0.4, -0.2) is 31.7 Å². The summed E-state index contributed by atoms with van der Waals surface area (Å²) in [4.78, 5) is 4.40. The molecular formula is C17H16N6O. The van der Waals surface area contributed by atoms with E-state index in [1.807, 2.05) is 41.1 Å². The van der Waals surface area contributed by atoms with Gasteiger partial charge in [0.15, 0.2) is 11.5 Å². The number of pyridine rings is 1. The lowest BCUT2D eigenvalue weighted by atomic mass is 10.2. The lowest BCUT2D eigenvalue weighted by Crippen LogP contribution is -2.11. The fraction of sp³-hybridized carbons (Fsp3) is 0.118. The largest absolute Gasteiger partial charge is 0.497 e. The van der Waals surface area contributed by atoms with Crippen LogP contribution >= 0.6 is 0 Å². The van der Waals surface area contributed by atoms with Crippen LogP contribution in [0.4, 0.5) is 5.69 Å². The Bertz CT molecular complexity index is 986. The second-order valence-corrected chi connectivity index (χ2v) is 5.40. The Morgan fingerprint density at radius 3 is 2.71 bits per heavy atom. The number of hydrogen-bond acceptors (Lipinski definition) is 5. The molecule has 2 N–H and O–H groups in total. The Hall–Kier alpha value is -3.35. The number of hydrogen-bond donors (Lipinski definition) is 1. The topological polar surface area (TPSA) is 83.8 Å². The standard InChI is InChI=1S/C17H16N6O/c1-24-14-6-4-12(5-7-14)11-22-17(15(18)10-20-22)23-16-13(9-21-23)3-2-8-19-16/h2-10H,11,18H2,1H3. The van der Waals surface area contributed by atoms with Crippen molar-refractivity contribution in [1.29, 1.82) is 0 Å². The highest BCUT2D eigenvalue weighted by atomic mass is 16.5. The summed E-state index contributed by atoms with van der Waals surface area (Å²) >= 11 is 0. The van der Waals surface area contributed by atoms with Gasteiger partial charge in [-0.25, -0.2) is 9.67 Å². The van der Waals surface area contributed by atoms with Gasteiger partial charge >= 0.3 is 0 Å². The van der Waals surface area contributed by atoms with Gasteiger partial charge in [-0.1, -0.05) is 12.1 Å². The van der Waals surface area contributed by atoms with Crippen molar-refractivity contribution in [3.63, 3.8) is 0 Å². The van der Waals surface area contributed by atoms with Crippen LogP contribution < -0.4 is 10.5 Å². The Kier molecular flexibility index (Phi) is 3.38. The number of rotatable bonds is 4. The average molecular weight is 320 g/mol. The minimum Gasteiger partial charge on any atom is -0.497 e. The van der Waals surface area contributed by atoms with Crippen molar-refractivity contribution in [3.8, 4) is 11.6 Å². The molecule has 0 fully saturated rings. The fourth-order valence-electron chi connectivity index (χ4n) is 2.66. The van der Waals surface area contributed by atoms with Gasteiger partial charge in [-0.15, -0.1) is 0 Å². The maximum Gasteiger partial charge on any atom is 0.178 e. The number of nitrogens with two attached hydrogens (primary N) is 1. The van der Waals surface area contributed by atoms with Crippen LogP contribution in [0.3, 0.4) is 0 Å². The van der Waals surface area contributed by atoms with Crippen molar-refractivity contribution in [3.05, 3.63) is 60.6 Å². The third-order valence-electron chi connectivity index (χ3n) is 3.86. The van der Waals surface area contributed by atoms with E-state index in [2.05, 4.69) is 15.2 Å². The molecule has 0 atom stereocenters. The van der Waals surface area contributed by atoms with Crippen molar-refractivity contribution < 1.29 is 4.74 Å². The maximum absolute atomic E-state index is 6.13. The van der Waals surface area contributed by atoms with Gasteiger partial charge in [0.2, 0.25) is 0 Å². The molecule has 3 aromatic heterocycles. The van der Waals surface area contributed by atoms with Crippen molar-refractivity contribution in [2.75, 3.05) is 12.8 Å². The Morgan fingerprint density at radius 2 is 1.92 bits per heavy atom. The average Bonchev–Trinajstić information content (AvgIpc) is 3.19.